The van der Waals surface area contributed by atoms with Crippen LogP contribution in [0.5, 0.6) is 0 Å². The Bertz CT molecular complexity index is 286. The molecule has 1 N–H and O–H groups in total. The van der Waals surface area contributed by atoms with Gasteiger partial charge in [0.25, 0.3) is 0 Å². The summed E-state index contributed by atoms with van der Waals surface area (Å²) in [6.07, 6.45) is 0.615. The Labute approximate surface area is 104 Å². The first kappa shape index (κ1) is 14.5. The summed E-state index contributed by atoms with van der Waals surface area (Å²) in [5, 5.41) is 10.5. The smallest absolute Gasteiger partial charge is 0.312 e. The zero-order chi connectivity index (χ0) is 13.4. The highest BCUT2D eigenvalue weighted by Gasteiger charge is 2.47. The molecule has 0 spiro atoms. The second kappa shape index (κ2) is 4.58. The van der Waals surface area contributed by atoms with Crippen molar-refractivity contribution >= 4 is 5.97 Å². The molecule has 1 rings (SSSR count). The van der Waals surface area contributed by atoms with Gasteiger partial charge in [0.2, 0.25) is 0 Å². The van der Waals surface area contributed by atoms with Crippen LogP contribution in [0.4, 0.5) is 0 Å². The number of hydrogen-bond donors (Lipinski definition) is 1. The second-order valence-electron chi connectivity index (χ2n) is 6.33. The number of ether oxygens (including phenoxy) is 1. The van der Waals surface area contributed by atoms with Gasteiger partial charge >= 0.3 is 5.97 Å². The van der Waals surface area contributed by atoms with Crippen LogP contribution in [0.25, 0.3) is 0 Å². The van der Waals surface area contributed by atoms with Gasteiger partial charge in [-0.05, 0) is 48.1 Å². The van der Waals surface area contributed by atoms with Crippen molar-refractivity contribution in [2.75, 3.05) is 13.6 Å². The second-order valence-corrected chi connectivity index (χ2v) is 6.33. The van der Waals surface area contributed by atoms with Gasteiger partial charge in [-0.1, -0.05) is 0 Å². The summed E-state index contributed by atoms with van der Waals surface area (Å²) >= 11 is 0. The number of hydrogen-bond acceptors (Lipinski definition) is 4. The fourth-order valence-electron chi connectivity index (χ4n) is 2.24. The number of carbonyl (C=O) groups is 1. The van der Waals surface area contributed by atoms with E-state index in [0.29, 0.717) is 19.0 Å². The molecule has 0 aromatic carbocycles. The highest BCUT2D eigenvalue weighted by atomic mass is 16.6. The zero-order valence-corrected chi connectivity index (χ0v) is 11.8. The molecule has 0 aromatic heterocycles. The minimum atomic E-state index is -0.962. The first-order valence-corrected chi connectivity index (χ1v) is 6.21. The van der Waals surface area contributed by atoms with E-state index in [9.17, 15) is 9.90 Å². The van der Waals surface area contributed by atoms with Crippen molar-refractivity contribution in [1.82, 2.24) is 4.90 Å². The van der Waals surface area contributed by atoms with Crippen LogP contribution in [-0.2, 0) is 9.53 Å². The lowest BCUT2D eigenvalue weighted by atomic mass is 9.86. The maximum atomic E-state index is 12.0. The van der Waals surface area contributed by atoms with Gasteiger partial charge in [-0.15, -0.1) is 0 Å². The normalized spacial score (nSPS) is 32.5. The summed E-state index contributed by atoms with van der Waals surface area (Å²) in [6, 6.07) is 0.296. The molecule has 0 saturated carbocycles. The average molecular weight is 243 g/mol. The molecule has 0 amide bonds. The van der Waals surface area contributed by atoms with Crippen LogP contribution < -0.4 is 0 Å². The monoisotopic (exact) mass is 243 g/mol. The van der Waals surface area contributed by atoms with E-state index >= 15 is 0 Å². The van der Waals surface area contributed by atoms with Gasteiger partial charge in [-0.25, -0.2) is 0 Å². The van der Waals surface area contributed by atoms with Crippen LogP contribution in [-0.4, -0.2) is 46.8 Å². The van der Waals surface area contributed by atoms with Crippen molar-refractivity contribution in [3.63, 3.8) is 0 Å². The molecular formula is C13H25NO3. The summed E-state index contributed by atoms with van der Waals surface area (Å²) < 4.78 is 5.33. The third-order valence-corrected chi connectivity index (χ3v) is 3.49. The molecule has 4 nitrogen and oxygen atoms in total. The molecule has 3 unspecified atom stereocenters. The Balaban J connectivity index is 2.70. The first-order valence-electron chi connectivity index (χ1n) is 6.21. The first-order chi connectivity index (χ1) is 7.55. The Hall–Kier alpha value is -0.610. The Morgan fingerprint density at radius 3 is 2.41 bits per heavy atom. The van der Waals surface area contributed by atoms with Crippen LogP contribution >= 0.6 is 0 Å². The van der Waals surface area contributed by atoms with Gasteiger partial charge in [0.15, 0.2) is 0 Å². The van der Waals surface area contributed by atoms with E-state index in [1.165, 1.54) is 0 Å². The standard InChI is InChI=1S/C13H25NO3/c1-9-7-13(16,8-14(9)6)10(2)11(15)17-12(3,4)5/h9-10,16H,7-8H2,1-6H3. The molecule has 1 aliphatic rings. The maximum Gasteiger partial charge on any atom is 0.312 e. The van der Waals surface area contributed by atoms with Gasteiger partial charge in [-0.2, -0.15) is 0 Å². The van der Waals surface area contributed by atoms with E-state index in [-0.39, 0.29) is 5.97 Å². The van der Waals surface area contributed by atoms with Crippen LogP contribution in [0.2, 0.25) is 0 Å². The fraction of sp³-hybridized carbons (Fsp3) is 0.923. The molecule has 1 fully saturated rings. The largest absolute Gasteiger partial charge is 0.460 e. The molecule has 17 heavy (non-hydrogen) atoms. The van der Waals surface area contributed by atoms with Crippen molar-refractivity contribution < 1.29 is 14.6 Å². The SMILES string of the molecule is CC1CC(O)(C(C)C(=O)OC(C)(C)C)CN1C. The van der Waals surface area contributed by atoms with E-state index in [0.717, 1.165) is 0 Å². The third kappa shape index (κ3) is 3.42. The predicted molar refractivity (Wildman–Crippen MR) is 66.7 cm³/mol. The topological polar surface area (TPSA) is 49.8 Å². The van der Waals surface area contributed by atoms with Crippen molar-refractivity contribution in [3.8, 4) is 0 Å². The summed E-state index contributed by atoms with van der Waals surface area (Å²) in [6.45, 7) is 9.84. The van der Waals surface area contributed by atoms with Crippen molar-refractivity contribution in [2.45, 2.75) is 58.3 Å². The number of likely N-dealkylation sites (tertiary alicyclic amines) is 1. The molecule has 4 heteroatoms. The molecule has 0 aliphatic carbocycles. The lowest BCUT2D eigenvalue weighted by molar-refractivity contribution is -0.168. The molecule has 0 aromatic rings. The van der Waals surface area contributed by atoms with Crippen molar-refractivity contribution in [1.29, 1.82) is 0 Å². The molecule has 1 aliphatic heterocycles. The highest BCUT2D eigenvalue weighted by Crippen LogP contribution is 2.33. The highest BCUT2D eigenvalue weighted by molar-refractivity contribution is 5.74. The summed E-state index contributed by atoms with van der Waals surface area (Å²) in [5.41, 5.74) is -1.46. The van der Waals surface area contributed by atoms with E-state index < -0.39 is 17.1 Å². The molecule has 1 saturated heterocycles. The van der Waals surface area contributed by atoms with Gasteiger partial charge in [-0.3, -0.25) is 4.79 Å². The molecule has 1 heterocycles. The van der Waals surface area contributed by atoms with Gasteiger partial charge in [0.1, 0.15) is 5.60 Å². The maximum absolute atomic E-state index is 12.0. The lowest BCUT2D eigenvalue weighted by Gasteiger charge is -2.30. The van der Waals surface area contributed by atoms with E-state index in [4.69, 9.17) is 4.74 Å². The molecule has 100 valence electrons. The minimum absolute atomic E-state index is 0.296. The number of nitrogens with zero attached hydrogens (tertiary/aromatic N) is 1. The number of carbonyl (C=O) groups excluding carboxylic acids is 1. The van der Waals surface area contributed by atoms with Gasteiger partial charge in [0.05, 0.1) is 11.5 Å². The van der Waals surface area contributed by atoms with Gasteiger partial charge < -0.3 is 14.7 Å². The molecule has 0 bridgehead atoms. The molecule has 3 atom stereocenters. The van der Waals surface area contributed by atoms with Crippen LogP contribution in [0, 0.1) is 5.92 Å². The average Bonchev–Trinajstić information content (AvgIpc) is 2.38. The summed E-state index contributed by atoms with van der Waals surface area (Å²) in [5.74, 6) is -0.809. The van der Waals surface area contributed by atoms with Crippen molar-refractivity contribution in [2.24, 2.45) is 5.92 Å². The fourth-order valence-corrected chi connectivity index (χ4v) is 2.24. The summed E-state index contributed by atoms with van der Waals surface area (Å²) in [4.78, 5) is 14.0. The zero-order valence-electron chi connectivity index (χ0n) is 11.8. The number of likely N-dealkylation sites (N-methyl/N-ethyl adjacent to an activating group) is 1. The minimum Gasteiger partial charge on any atom is -0.460 e. The van der Waals surface area contributed by atoms with E-state index in [1.807, 2.05) is 27.8 Å². The van der Waals surface area contributed by atoms with Crippen molar-refractivity contribution in [3.05, 3.63) is 0 Å². The van der Waals surface area contributed by atoms with E-state index in [1.54, 1.807) is 6.92 Å². The number of rotatable bonds is 2. The van der Waals surface area contributed by atoms with Crippen LogP contribution in [0.15, 0.2) is 0 Å². The molecule has 0 radical (unpaired) electrons. The Morgan fingerprint density at radius 2 is 2.06 bits per heavy atom. The van der Waals surface area contributed by atoms with Crippen LogP contribution in [0.3, 0.4) is 0 Å². The summed E-state index contributed by atoms with van der Waals surface area (Å²) in [7, 11) is 1.96. The van der Waals surface area contributed by atoms with Gasteiger partial charge in [0, 0.05) is 12.6 Å². The third-order valence-electron chi connectivity index (χ3n) is 3.49. The number of β-amino-alcohol motifs (C(OH)–C–C–N with tert-alkyl or cyclic N) is 1. The number of esters is 1. The quantitative estimate of drug-likeness (QED) is 0.745. The van der Waals surface area contributed by atoms with Crippen LogP contribution in [0.1, 0.15) is 41.0 Å². The number of aliphatic hydroxyl groups is 1. The Kier molecular flexibility index (Phi) is 3.89. The Morgan fingerprint density at radius 1 is 1.53 bits per heavy atom. The van der Waals surface area contributed by atoms with E-state index in [2.05, 4.69) is 11.8 Å². The predicted octanol–water partition coefficient (Wildman–Crippen LogP) is 1.42. The lowest BCUT2D eigenvalue weighted by Crippen LogP contribution is -2.45. The molecular weight excluding hydrogens is 218 g/mol.